The molecule has 5 aromatic carbocycles. The number of benzene rings is 5. The van der Waals surface area contributed by atoms with Crippen LogP contribution < -0.4 is 27.0 Å². The normalized spacial score (nSPS) is 13.2. The van der Waals surface area contributed by atoms with Crippen molar-refractivity contribution >= 4 is 45.7 Å². The van der Waals surface area contributed by atoms with Crippen LogP contribution in [-0.2, 0) is 24.5 Å². The van der Waals surface area contributed by atoms with E-state index in [1.54, 1.807) is 48.7 Å². The number of aromatic nitrogens is 4. The van der Waals surface area contributed by atoms with Crippen LogP contribution in [0.4, 0.5) is 0 Å². The van der Waals surface area contributed by atoms with Gasteiger partial charge >= 0.3 is 19.8 Å². The number of hydrogen-bond acceptors (Lipinski definition) is 8. The van der Waals surface area contributed by atoms with Gasteiger partial charge in [-0.15, -0.1) is 0 Å². The number of para-hydroxylation sites is 1. The first-order valence-corrected chi connectivity index (χ1v) is 23.3. The van der Waals surface area contributed by atoms with Gasteiger partial charge in [-0.1, -0.05) is 176 Å². The summed E-state index contributed by atoms with van der Waals surface area (Å²) in [5.41, 5.74) is 9.24. The Labute approximate surface area is 412 Å². The number of nitrogens with zero attached hydrogens (tertiary/aromatic N) is 5. The SMILES string of the molecule is CSC[C@@H]1N=C(c2ccccc2[O-])OC1(C)C.[Os+2].c1ccc(-c2ccccn2)nc1.c1ccc(-c2ccccn2)nc1.c1ccc([B-](c2ccccc2)(c2ccccc2)c2ccccc2)cc1. The van der Waals surface area contributed by atoms with Gasteiger partial charge in [-0.25, -0.2) is 4.99 Å². The molecule has 4 aromatic heterocycles. The van der Waals surface area contributed by atoms with E-state index in [1.165, 1.54) is 27.9 Å². The third kappa shape index (κ3) is 12.9. The van der Waals surface area contributed by atoms with Gasteiger partial charge in [-0.2, -0.15) is 33.6 Å². The van der Waals surface area contributed by atoms with Crippen molar-refractivity contribution in [1.29, 1.82) is 0 Å². The van der Waals surface area contributed by atoms with Gasteiger partial charge in [0.25, 0.3) is 0 Å². The van der Waals surface area contributed by atoms with Crippen molar-refractivity contribution in [2.24, 2.45) is 4.99 Å². The Morgan fingerprint density at radius 1 is 0.463 bits per heavy atom. The first kappa shape index (κ1) is 49.5. The smallest absolute Gasteiger partial charge is 0.872 e. The molecule has 0 aliphatic carbocycles. The van der Waals surface area contributed by atoms with E-state index >= 15 is 0 Å². The van der Waals surface area contributed by atoms with Crippen LogP contribution in [0.3, 0.4) is 0 Å². The molecule has 0 saturated carbocycles. The van der Waals surface area contributed by atoms with Crippen molar-refractivity contribution < 1.29 is 29.6 Å². The van der Waals surface area contributed by atoms with Gasteiger partial charge in [0.15, 0.2) is 0 Å². The van der Waals surface area contributed by atoms with Crippen molar-refractivity contribution in [2.45, 2.75) is 25.5 Å². The average Bonchev–Trinajstić information content (AvgIpc) is 3.70. The fraction of sp³-hybridized carbons (Fsp3) is 0.105. The van der Waals surface area contributed by atoms with Crippen LogP contribution in [-0.4, -0.2) is 55.6 Å². The second-order valence-electron chi connectivity index (χ2n) is 16.0. The van der Waals surface area contributed by atoms with E-state index < -0.39 is 6.15 Å². The van der Waals surface area contributed by atoms with E-state index in [2.05, 4.69) is 146 Å². The van der Waals surface area contributed by atoms with Crippen molar-refractivity contribution in [2.75, 3.05) is 12.0 Å². The minimum atomic E-state index is -1.22. The van der Waals surface area contributed by atoms with Crippen molar-refractivity contribution in [1.82, 2.24) is 19.9 Å². The largest absolute Gasteiger partial charge is 2.00 e. The molecule has 9 aromatic rings. The summed E-state index contributed by atoms with van der Waals surface area (Å²) >= 11 is 1.74. The number of aliphatic imine (C=N–C) groups is 1. The number of hydrogen-bond donors (Lipinski definition) is 0. The summed E-state index contributed by atoms with van der Waals surface area (Å²) in [6.07, 6.45) is 7.90. The number of thioether (sulfide) groups is 1. The molecule has 10 heteroatoms. The van der Waals surface area contributed by atoms with E-state index in [0.717, 1.165) is 28.5 Å². The quantitative estimate of drug-likeness (QED) is 0.133. The maximum absolute atomic E-state index is 11.7. The average molecular weight is 1070 g/mol. The van der Waals surface area contributed by atoms with Gasteiger partial charge in [-0.3, -0.25) is 19.9 Å². The molecule has 7 nitrogen and oxygen atoms in total. The third-order valence-electron chi connectivity index (χ3n) is 11.3. The van der Waals surface area contributed by atoms with Crippen molar-refractivity contribution in [3.8, 4) is 28.5 Å². The summed E-state index contributed by atoms with van der Waals surface area (Å²) in [7, 11) is 0. The second-order valence-corrected chi connectivity index (χ2v) is 16.9. The molecule has 0 amide bonds. The monoisotopic (exact) mass is 1070 g/mol. The van der Waals surface area contributed by atoms with Crippen molar-refractivity contribution in [3.05, 3.63) is 249 Å². The molecule has 5 heterocycles. The van der Waals surface area contributed by atoms with Crippen LogP contribution in [0.5, 0.6) is 5.75 Å². The van der Waals surface area contributed by atoms with Crippen LogP contribution in [0.15, 0.2) is 248 Å². The topological polar surface area (TPSA) is 96.2 Å². The molecule has 0 spiro atoms. The van der Waals surface area contributed by atoms with Crippen molar-refractivity contribution in [3.63, 3.8) is 0 Å². The zero-order chi connectivity index (χ0) is 45.9. The van der Waals surface area contributed by atoms with E-state index in [4.69, 9.17) is 4.74 Å². The Hall–Kier alpha value is -6.98. The molecule has 0 N–H and O–H groups in total. The Kier molecular flexibility index (Phi) is 18.5. The summed E-state index contributed by atoms with van der Waals surface area (Å²) < 4.78 is 5.82. The first-order chi connectivity index (χ1) is 32.4. The van der Waals surface area contributed by atoms with Crippen LogP contribution >= 0.6 is 11.8 Å². The van der Waals surface area contributed by atoms with E-state index in [9.17, 15) is 5.11 Å². The molecule has 1 atom stereocenters. The summed E-state index contributed by atoms with van der Waals surface area (Å²) in [4.78, 5) is 21.3. The van der Waals surface area contributed by atoms with Gasteiger partial charge in [0, 0.05) is 36.1 Å². The molecule has 0 fully saturated rings. The molecule has 0 bridgehead atoms. The number of rotatable bonds is 9. The first-order valence-electron chi connectivity index (χ1n) is 21.9. The zero-order valence-corrected chi connectivity index (χ0v) is 41.1. The summed E-state index contributed by atoms with van der Waals surface area (Å²) in [6.45, 7) is 4.02. The van der Waals surface area contributed by atoms with Gasteiger partial charge < -0.3 is 9.84 Å². The van der Waals surface area contributed by atoms with Crippen LogP contribution in [0.25, 0.3) is 22.8 Å². The minimum Gasteiger partial charge on any atom is -0.872 e. The van der Waals surface area contributed by atoms with Gasteiger partial charge in [0.2, 0.25) is 5.90 Å². The number of ether oxygens (including phenoxy) is 1. The predicted octanol–water partition coefficient (Wildman–Crippen LogP) is 9.40. The molecular formula is C57H52BN5O2OsS. The fourth-order valence-electron chi connectivity index (χ4n) is 7.98. The van der Waals surface area contributed by atoms with Crippen LogP contribution in [0.1, 0.15) is 19.4 Å². The van der Waals surface area contributed by atoms with Gasteiger partial charge in [0.05, 0.1) is 22.8 Å². The maximum Gasteiger partial charge on any atom is 2.00 e. The van der Waals surface area contributed by atoms with E-state index in [0.29, 0.717) is 11.5 Å². The molecule has 10 rings (SSSR count). The molecule has 0 unspecified atom stereocenters. The Bertz CT molecular complexity index is 2510. The second kappa shape index (κ2) is 25.1. The molecule has 1 aliphatic rings. The molecule has 1 aliphatic heterocycles. The van der Waals surface area contributed by atoms with Gasteiger partial charge in [0.1, 0.15) is 17.8 Å². The predicted molar refractivity (Wildman–Crippen MR) is 275 cm³/mol. The van der Waals surface area contributed by atoms with E-state index in [1.807, 2.05) is 99.0 Å². The standard InChI is InChI=1S/C24H20B.C13H17NO2S.2C10H8N2.Os/c1-5-13-21(14-6-1)25(22-15-7-2-8-16-22,23-17-9-3-10-18-23)24-19-11-4-12-20-24;1-13(2)11(8-17-3)14-12(16-13)9-6-4-5-7-10(9)15;2*1-3-7-11-9(5-1)10-6-2-4-8-12-10;/h1-20H;4-7,11,15H,8H2,1-3H3;2*1-8H;/q-1;;;;+2/p-1/t;11-;;;/m.0.../s1. The Morgan fingerprint density at radius 3 is 1.07 bits per heavy atom. The minimum absolute atomic E-state index is 0. The van der Waals surface area contributed by atoms with Crippen LogP contribution in [0, 0.1) is 0 Å². The zero-order valence-electron chi connectivity index (χ0n) is 37.8. The maximum atomic E-state index is 11.7. The molecule has 67 heavy (non-hydrogen) atoms. The Balaban J connectivity index is 0.000000154. The van der Waals surface area contributed by atoms with Crippen LogP contribution in [0.2, 0.25) is 0 Å². The number of pyridine rings is 4. The Morgan fingerprint density at radius 2 is 0.776 bits per heavy atom. The summed E-state index contributed by atoms with van der Waals surface area (Å²) in [5.74, 6) is 1.35. The molecule has 334 valence electrons. The fourth-order valence-corrected chi connectivity index (χ4v) is 8.77. The summed E-state index contributed by atoms with van der Waals surface area (Å²) in [6, 6.07) is 73.7. The summed E-state index contributed by atoms with van der Waals surface area (Å²) in [5, 5.41) is 11.7. The van der Waals surface area contributed by atoms with E-state index in [-0.39, 0.29) is 37.2 Å². The molecule has 0 saturated heterocycles. The molecular weight excluding hydrogens is 1020 g/mol. The van der Waals surface area contributed by atoms with Gasteiger partial charge in [-0.05, 0) is 68.6 Å². The molecule has 0 radical (unpaired) electrons. The third-order valence-corrected chi connectivity index (χ3v) is 11.9.